The van der Waals surface area contributed by atoms with Crippen LogP contribution in [0.1, 0.15) is 39.6 Å². The van der Waals surface area contributed by atoms with Crippen LogP contribution in [-0.2, 0) is 11.3 Å². The fraction of sp³-hybridized carbons (Fsp3) is 0.400. The summed E-state index contributed by atoms with van der Waals surface area (Å²) < 4.78 is 16.5. The number of amides is 1. The third-order valence-corrected chi connectivity index (χ3v) is 5.24. The van der Waals surface area contributed by atoms with Crippen molar-refractivity contribution >= 4 is 17.5 Å². The molecule has 2 aromatic rings. The zero-order chi connectivity index (χ0) is 19.0. The van der Waals surface area contributed by atoms with Gasteiger partial charge in [-0.1, -0.05) is 11.6 Å². The quantitative estimate of drug-likeness (QED) is 0.789. The van der Waals surface area contributed by atoms with E-state index in [-0.39, 0.29) is 17.4 Å². The van der Waals surface area contributed by atoms with Gasteiger partial charge in [0, 0.05) is 29.7 Å². The smallest absolute Gasteiger partial charge is 0.349 e. The Labute approximate surface area is 161 Å². The molecule has 0 spiro atoms. The Morgan fingerprint density at radius 1 is 1.26 bits per heavy atom. The van der Waals surface area contributed by atoms with Crippen LogP contribution in [-0.4, -0.2) is 37.2 Å². The second-order valence-corrected chi connectivity index (χ2v) is 7.32. The lowest BCUT2D eigenvalue weighted by atomic mass is 10.0. The Morgan fingerprint density at radius 3 is 2.85 bits per heavy atom. The van der Waals surface area contributed by atoms with E-state index in [0.717, 1.165) is 12.0 Å². The third-order valence-electron chi connectivity index (χ3n) is 5.00. The number of hydrogen-bond acceptors (Lipinski definition) is 5. The molecule has 1 unspecified atom stereocenters. The Bertz CT molecular complexity index is 932. The Balaban J connectivity index is 1.63. The highest BCUT2D eigenvalue weighted by molar-refractivity contribution is 6.30. The van der Waals surface area contributed by atoms with Crippen molar-refractivity contribution in [3.8, 4) is 5.75 Å². The normalized spacial score (nSPS) is 19.3. The molecule has 0 aliphatic carbocycles. The third kappa shape index (κ3) is 3.59. The van der Waals surface area contributed by atoms with Crippen molar-refractivity contribution in [3.63, 3.8) is 0 Å². The molecule has 6 nitrogen and oxygen atoms in total. The first kappa shape index (κ1) is 18.1. The molecule has 2 aliphatic heterocycles. The molecular formula is C20H20ClNO5. The molecule has 0 N–H and O–H groups in total. The first-order chi connectivity index (χ1) is 13.0. The van der Waals surface area contributed by atoms with Gasteiger partial charge in [0.2, 0.25) is 0 Å². The predicted octanol–water partition coefficient (Wildman–Crippen LogP) is 3.14. The topological polar surface area (TPSA) is 69.0 Å². The Kier molecular flexibility index (Phi) is 4.93. The molecule has 27 heavy (non-hydrogen) atoms. The van der Waals surface area contributed by atoms with Crippen molar-refractivity contribution in [2.45, 2.75) is 25.8 Å². The zero-order valence-corrected chi connectivity index (χ0v) is 15.8. The number of ether oxygens (including phenoxy) is 2. The van der Waals surface area contributed by atoms with Crippen LogP contribution in [0.3, 0.4) is 0 Å². The van der Waals surface area contributed by atoms with Gasteiger partial charge in [0.1, 0.15) is 23.7 Å². The summed E-state index contributed by atoms with van der Waals surface area (Å²) >= 11 is 6.07. The average Bonchev–Trinajstić information content (AvgIpc) is 3.08. The minimum atomic E-state index is -0.599. The second kappa shape index (κ2) is 7.37. The van der Waals surface area contributed by atoms with Crippen molar-refractivity contribution in [2.24, 2.45) is 0 Å². The van der Waals surface area contributed by atoms with Crippen LogP contribution < -0.4 is 10.4 Å². The maximum Gasteiger partial charge on any atom is 0.349 e. The fourth-order valence-electron chi connectivity index (χ4n) is 3.54. The number of fused-ring (bicyclic) bond motifs is 1. The molecular weight excluding hydrogens is 370 g/mol. The van der Waals surface area contributed by atoms with Crippen molar-refractivity contribution in [2.75, 3.05) is 26.4 Å². The molecule has 1 fully saturated rings. The lowest BCUT2D eigenvalue weighted by Gasteiger charge is -2.20. The van der Waals surface area contributed by atoms with Gasteiger partial charge in [-0.3, -0.25) is 4.79 Å². The standard InChI is InChI=1S/C20H20ClNO5/c1-12-8-17(13-4-6-25-11-13)27-20(24)18(12)19(23)22-5-7-26-16-3-2-15(21)9-14(16)10-22/h2-3,8-9,13H,4-7,10-11H2,1H3. The summed E-state index contributed by atoms with van der Waals surface area (Å²) in [6.07, 6.45) is 0.816. The lowest BCUT2D eigenvalue weighted by molar-refractivity contribution is 0.0727. The molecule has 0 saturated carbocycles. The monoisotopic (exact) mass is 389 g/mol. The van der Waals surface area contributed by atoms with Gasteiger partial charge in [-0.25, -0.2) is 4.79 Å². The highest BCUT2D eigenvalue weighted by Gasteiger charge is 2.28. The van der Waals surface area contributed by atoms with E-state index in [9.17, 15) is 9.59 Å². The SMILES string of the molecule is Cc1cc(C2CCOC2)oc(=O)c1C(=O)N1CCOc2ccc(Cl)cc2C1. The summed E-state index contributed by atoms with van der Waals surface area (Å²) in [5, 5.41) is 0.575. The summed E-state index contributed by atoms with van der Waals surface area (Å²) in [5.41, 5.74) is 0.909. The second-order valence-electron chi connectivity index (χ2n) is 6.88. The minimum absolute atomic E-state index is 0.0705. The molecule has 4 rings (SSSR count). The van der Waals surface area contributed by atoms with Gasteiger partial charge in [-0.05, 0) is 43.2 Å². The minimum Gasteiger partial charge on any atom is -0.491 e. The summed E-state index contributed by atoms with van der Waals surface area (Å²) in [4.78, 5) is 27.3. The number of aryl methyl sites for hydroxylation is 1. The summed E-state index contributed by atoms with van der Waals surface area (Å²) in [6.45, 7) is 4.01. The number of nitrogens with zero attached hydrogens (tertiary/aromatic N) is 1. The molecule has 0 radical (unpaired) electrons. The molecule has 142 valence electrons. The van der Waals surface area contributed by atoms with Crippen LogP contribution in [0.5, 0.6) is 5.75 Å². The summed E-state index contributed by atoms with van der Waals surface area (Å²) in [5.74, 6) is 1.01. The van der Waals surface area contributed by atoms with Crippen molar-refractivity contribution in [1.82, 2.24) is 4.90 Å². The van der Waals surface area contributed by atoms with E-state index in [1.807, 2.05) is 0 Å². The maximum absolute atomic E-state index is 13.1. The van der Waals surface area contributed by atoms with Crippen molar-refractivity contribution in [3.05, 3.63) is 62.2 Å². The zero-order valence-electron chi connectivity index (χ0n) is 15.0. The van der Waals surface area contributed by atoms with Gasteiger partial charge in [0.05, 0.1) is 13.2 Å². The number of halogens is 1. The predicted molar refractivity (Wildman–Crippen MR) is 99.6 cm³/mol. The van der Waals surface area contributed by atoms with Crippen molar-refractivity contribution < 1.29 is 18.7 Å². The molecule has 1 amide bonds. The van der Waals surface area contributed by atoms with Crippen LogP contribution >= 0.6 is 11.6 Å². The van der Waals surface area contributed by atoms with Gasteiger partial charge in [-0.2, -0.15) is 0 Å². The van der Waals surface area contributed by atoms with E-state index in [2.05, 4.69) is 0 Å². The Morgan fingerprint density at radius 2 is 2.11 bits per heavy atom. The van der Waals surface area contributed by atoms with Gasteiger partial charge in [-0.15, -0.1) is 0 Å². The van der Waals surface area contributed by atoms with Gasteiger partial charge in [0.15, 0.2) is 0 Å². The molecule has 2 aliphatic rings. The number of benzene rings is 1. The lowest BCUT2D eigenvalue weighted by Crippen LogP contribution is -2.36. The molecule has 1 saturated heterocycles. The first-order valence-electron chi connectivity index (χ1n) is 8.96. The van der Waals surface area contributed by atoms with Gasteiger partial charge >= 0.3 is 5.63 Å². The molecule has 1 atom stereocenters. The number of carbonyl (C=O) groups excluding carboxylic acids is 1. The van der Waals surface area contributed by atoms with Crippen molar-refractivity contribution in [1.29, 1.82) is 0 Å². The molecule has 1 aromatic heterocycles. The van der Waals surface area contributed by atoms with Gasteiger partial charge in [0.25, 0.3) is 5.91 Å². The van der Waals surface area contributed by atoms with Crippen LogP contribution in [0, 0.1) is 6.92 Å². The highest BCUT2D eigenvalue weighted by Crippen LogP contribution is 2.28. The average molecular weight is 390 g/mol. The fourth-order valence-corrected chi connectivity index (χ4v) is 3.74. The summed E-state index contributed by atoms with van der Waals surface area (Å²) in [7, 11) is 0. The van der Waals surface area contributed by atoms with Crippen LogP contribution in [0.2, 0.25) is 5.02 Å². The van der Waals surface area contributed by atoms with Crippen LogP contribution in [0.4, 0.5) is 0 Å². The largest absolute Gasteiger partial charge is 0.491 e. The van der Waals surface area contributed by atoms with Crippen LogP contribution in [0.15, 0.2) is 33.5 Å². The summed E-state index contributed by atoms with van der Waals surface area (Å²) in [6, 6.07) is 7.11. The molecule has 7 heteroatoms. The van der Waals surface area contributed by atoms with Crippen LogP contribution in [0.25, 0.3) is 0 Å². The highest BCUT2D eigenvalue weighted by atomic mass is 35.5. The number of hydrogen-bond donors (Lipinski definition) is 0. The molecule has 3 heterocycles. The van der Waals surface area contributed by atoms with E-state index >= 15 is 0 Å². The van der Waals surface area contributed by atoms with E-state index in [1.54, 1.807) is 36.1 Å². The number of rotatable bonds is 2. The van der Waals surface area contributed by atoms with E-state index in [1.165, 1.54) is 0 Å². The molecule has 1 aromatic carbocycles. The molecule has 0 bridgehead atoms. The van der Waals surface area contributed by atoms with E-state index in [4.69, 9.17) is 25.5 Å². The van der Waals surface area contributed by atoms with E-state index in [0.29, 0.717) is 55.0 Å². The number of carbonyl (C=O) groups is 1. The van der Waals surface area contributed by atoms with Gasteiger partial charge < -0.3 is 18.8 Å². The first-order valence-corrected chi connectivity index (χ1v) is 9.33. The Hall–Kier alpha value is -2.31. The van der Waals surface area contributed by atoms with E-state index < -0.39 is 5.63 Å². The maximum atomic E-state index is 13.1.